The Morgan fingerprint density at radius 2 is 1.44 bits per heavy atom. The van der Waals surface area contributed by atoms with Gasteiger partial charge in [0.15, 0.2) is 23.1 Å². The van der Waals surface area contributed by atoms with Crippen LogP contribution in [0.5, 0.6) is 11.5 Å². The lowest BCUT2D eigenvalue weighted by atomic mass is 9.76. The molecule has 1 aliphatic carbocycles. The molecule has 3 aromatic carbocycles. The number of carbonyl (C=O) groups excluding carboxylic acids is 1. The number of ether oxygens (including phenoxy) is 2. The zero-order chi connectivity index (χ0) is 27.9. The molecule has 1 aliphatic rings. The van der Waals surface area contributed by atoms with E-state index in [-0.39, 0.29) is 29.4 Å². The zero-order valence-corrected chi connectivity index (χ0v) is 22.4. The Bertz CT molecular complexity index is 1280. The van der Waals surface area contributed by atoms with E-state index in [1.54, 1.807) is 19.1 Å². The molecule has 208 valence electrons. The minimum absolute atomic E-state index is 0.0148. The standard InChI is InChI=1S/C32H34F4O3/c1-3-5-6-7-20-8-10-21(11-9-20)24-16-17-25(29(34)28(24)33)22-12-14-23(15-13-22)32(37)39-27-19-18-26(38-4-2)30(35)31(27)36/h12-21H,3-11H2,1-2H3. The van der Waals surface area contributed by atoms with Crippen molar-refractivity contribution in [2.75, 3.05) is 6.61 Å². The molecule has 1 saturated carbocycles. The lowest BCUT2D eigenvalue weighted by molar-refractivity contribution is 0.0726. The second-order valence-corrected chi connectivity index (χ2v) is 10.1. The Kier molecular flexibility index (Phi) is 9.65. The molecule has 0 aromatic heterocycles. The molecule has 1 fully saturated rings. The Morgan fingerprint density at radius 1 is 0.769 bits per heavy atom. The third kappa shape index (κ3) is 6.63. The topological polar surface area (TPSA) is 35.5 Å². The van der Waals surface area contributed by atoms with Crippen molar-refractivity contribution in [1.29, 1.82) is 0 Å². The van der Waals surface area contributed by atoms with Gasteiger partial charge in [-0.15, -0.1) is 0 Å². The number of benzene rings is 3. The number of hydrogen-bond donors (Lipinski definition) is 0. The van der Waals surface area contributed by atoms with Crippen LogP contribution < -0.4 is 9.47 Å². The van der Waals surface area contributed by atoms with Crippen LogP contribution in [0.2, 0.25) is 0 Å². The number of hydrogen-bond acceptors (Lipinski definition) is 3. The molecule has 7 heteroatoms. The summed E-state index contributed by atoms with van der Waals surface area (Å²) in [5.74, 6) is -5.42. The average molecular weight is 543 g/mol. The number of esters is 1. The first-order valence-corrected chi connectivity index (χ1v) is 13.7. The van der Waals surface area contributed by atoms with Crippen LogP contribution in [0.1, 0.15) is 87.1 Å². The summed E-state index contributed by atoms with van der Waals surface area (Å²) in [5.41, 5.74) is 0.935. The van der Waals surface area contributed by atoms with Crippen molar-refractivity contribution in [3.05, 3.63) is 82.9 Å². The summed E-state index contributed by atoms with van der Waals surface area (Å²) >= 11 is 0. The van der Waals surface area contributed by atoms with E-state index in [0.717, 1.165) is 31.7 Å². The van der Waals surface area contributed by atoms with Crippen LogP contribution in [0.25, 0.3) is 11.1 Å². The third-order valence-corrected chi connectivity index (χ3v) is 7.56. The van der Waals surface area contributed by atoms with E-state index in [9.17, 15) is 13.6 Å². The van der Waals surface area contributed by atoms with Crippen molar-refractivity contribution < 1.29 is 31.8 Å². The fraction of sp³-hybridized carbons (Fsp3) is 0.406. The Morgan fingerprint density at radius 3 is 2.10 bits per heavy atom. The van der Waals surface area contributed by atoms with Gasteiger partial charge in [0.25, 0.3) is 0 Å². The molecule has 0 heterocycles. The summed E-state index contributed by atoms with van der Waals surface area (Å²) in [5, 5.41) is 0. The number of carbonyl (C=O) groups is 1. The molecular weight excluding hydrogens is 508 g/mol. The van der Waals surface area contributed by atoms with Crippen LogP contribution in [0.4, 0.5) is 17.6 Å². The van der Waals surface area contributed by atoms with Crippen LogP contribution >= 0.6 is 0 Å². The molecule has 0 radical (unpaired) electrons. The van der Waals surface area contributed by atoms with E-state index in [1.807, 2.05) is 0 Å². The van der Waals surface area contributed by atoms with Gasteiger partial charge in [0.05, 0.1) is 12.2 Å². The second-order valence-electron chi connectivity index (χ2n) is 10.1. The first kappa shape index (κ1) is 28.7. The van der Waals surface area contributed by atoms with Gasteiger partial charge in [-0.1, -0.05) is 56.9 Å². The maximum Gasteiger partial charge on any atom is 0.343 e. The minimum atomic E-state index is -1.34. The molecule has 3 aromatic rings. The number of halogens is 4. The van der Waals surface area contributed by atoms with Crippen LogP contribution in [0, 0.1) is 29.2 Å². The Hall–Kier alpha value is -3.35. The van der Waals surface area contributed by atoms with Gasteiger partial charge in [0.1, 0.15) is 0 Å². The molecule has 0 N–H and O–H groups in total. The molecule has 0 unspecified atom stereocenters. The highest BCUT2D eigenvalue weighted by molar-refractivity contribution is 5.91. The van der Waals surface area contributed by atoms with E-state index in [1.165, 1.54) is 56.0 Å². The van der Waals surface area contributed by atoms with Crippen molar-refractivity contribution >= 4 is 5.97 Å². The van der Waals surface area contributed by atoms with E-state index in [0.29, 0.717) is 17.0 Å². The summed E-state index contributed by atoms with van der Waals surface area (Å²) in [6.07, 6.45) is 8.70. The van der Waals surface area contributed by atoms with E-state index >= 15 is 8.78 Å². The van der Waals surface area contributed by atoms with Gasteiger partial charge in [0, 0.05) is 5.56 Å². The van der Waals surface area contributed by atoms with Gasteiger partial charge in [-0.25, -0.2) is 13.6 Å². The van der Waals surface area contributed by atoms with Gasteiger partial charge in [-0.2, -0.15) is 8.78 Å². The highest BCUT2D eigenvalue weighted by Crippen LogP contribution is 2.40. The third-order valence-electron chi connectivity index (χ3n) is 7.56. The first-order valence-electron chi connectivity index (χ1n) is 13.7. The van der Waals surface area contributed by atoms with Crippen LogP contribution in [-0.4, -0.2) is 12.6 Å². The largest absolute Gasteiger partial charge is 0.491 e. The highest BCUT2D eigenvalue weighted by atomic mass is 19.2. The van der Waals surface area contributed by atoms with Gasteiger partial charge < -0.3 is 9.47 Å². The van der Waals surface area contributed by atoms with Crippen molar-refractivity contribution in [1.82, 2.24) is 0 Å². The molecule has 0 bridgehead atoms. The van der Waals surface area contributed by atoms with Gasteiger partial charge in [-0.3, -0.25) is 0 Å². The quantitative estimate of drug-likeness (QED) is 0.111. The lowest BCUT2D eigenvalue weighted by Gasteiger charge is -2.29. The molecule has 39 heavy (non-hydrogen) atoms. The second kappa shape index (κ2) is 13.1. The highest BCUT2D eigenvalue weighted by Gasteiger charge is 2.26. The van der Waals surface area contributed by atoms with E-state index < -0.39 is 35.0 Å². The maximum absolute atomic E-state index is 15.2. The maximum atomic E-state index is 15.2. The monoisotopic (exact) mass is 542 g/mol. The molecule has 4 rings (SSSR count). The fourth-order valence-corrected chi connectivity index (χ4v) is 5.35. The summed E-state index contributed by atoms with van der Waals surface area (Å²) in [7, 11) is 0. The van der Waals surface area contributed by atoms with Crippen molar-refractivity contribution in [3.8, 4) is 22.6 Å². The van der Waals surface area contributed by atoms with E-state index in [4.69, 9.17) is 9.47 Å². The molecule has 3 nitrogen and oxygen atoms in total. The smallest absolute Gasteiger partial charge is 0.343 e. The Labute approximate surface area is 227 Å². The van der Waals surface area contributed by atoms with Crippen LogP contribution in [0.3, 0.4) is 0 Å². The Balaban J connectivity index is 1.43. The molecular formula is C32H34F4O3. The molecule has 0 amide bonds. The van der Waals surface area contributed by atoms with Crippen molar-refractivity contribution in [2.45, 2.75) is 71.1 Å². The molecule has 0 saturated heterocycles. The lowest BCUT2D eigenvalue weighted by Crippen LogP contribution is -2.15. The predicted octanol–water partition coefficient (Wildman–Crippen LogP) is 9.38. The fourth-order valence-electron chi connectivity index (χ4n) is 5.35. The first-order chi connectivity index (χ1) is 18.8. The van der Waals surface area contributed by atoms with Gasteiger partial charge in [-0.05, 0) is 79.8 Å². The summed E-state index contributed by atoms with van der Waals surface area (Å²) in [4.78, 5) is 12.5. The van der Waals surface area contributed by atoms with Crippen molar-refractivity contribution in [3.63, 3.8) is 0 Å². The van der Waals surface area contributed by atoms with Crippen molar-refractivity contribution in [2.24, 2.45) is 5.92 Å². The normalized spacial score (nSPS) is 17.2. The molecule has 0 atom stereocenters. The predicted molar refractivity (Wildman–Crippen MR) is 143 cm³/mol. The number of unbranched alkanes of at least 4 members (excludes halogenated alkanes) is 2. The SMILES string of the molecule is CCCCCC1CCC(c2ccc(-c3ccc(C(=O)Oc4ccc(OCC)c(F)c4F)cc3)c(F)c2F)CC1. The van der Waals surface area contributed by atoms with E-state index in [2.05, 4.69) is 6.92 Å². The van der Waals surface area contributed by atoms with Gasteiger partial charge >= 0.3 is 5.97 Å². The average Bonchev–Trinajstić information content (AvgIpc) is 2.95. The van der Waals surface area contributed by atoms with Crippen LogP contribution in [-0.2, 0) is 0 Å². The zero-order valence-electron chi connectivity index (χ0n) is 22.4. The van der Waals surface area contributed by atoms with Crippen LogP contribution in [0.15, 0.2) is 48.5 Å². The summed E-state index contributed by atoms with van der Waals surface area (Å²) in [6, 6.07) is 11.2. The number of rotatable bonds is 10. The van der Waals surface area contributed by atoms with Gasteiger partial charge in [0.2, 0.25) is 11.6 Å². The minimum Gasteiger partial charge on any atom is -0.491 e. The summed E-state index contributed by atoms with van der Waals surface area (Å²) in [6.45, 7) is 3.97. The summed E-state index contributed by atoms with van der Waals surface area (Å²) < 4.78 is 68.6. The molecule has 0 spiro atoms. The molecule has 0 aliphatic heterocycles.